The van der Waals surface area contributed by atoms with E-state index in [2.05, 4.69) is 35.8 Å². The summed E-state index contributed by atoms with van der Waals surface area (Å²) in [5, 5.41) is 10.1. The van der Waals surface area contributed by atoms with Crippen LogP contribution < -0.4 is 20.7 Å². The van der Waals surface area contributed by atoms with E-state index in [0.717, 1.165) is 38.8 Å². The van der Waals surface area contributed by atoms with Crippen LogP contribution in [0.2, 0.25) is 0 Å². The highest BCUT2D eigenvalue weighted by atomic mass is 19.1. The molecule has 202 valence electrons. The van der Waals surface area contributed by atoms with E-state index >= 15 is 0 Å². The van der Waals surface area contributed by atoms with Crippen LogP contribution in [-0.2, 0) is 9.53 Å². The molecular formula is C26H38FN7O3. The van der Waals surface area contributed by atoms with Crippen LogP contribution in [0.3, 0.4) is 0 Å². The monoisotopic (exact) mass is 515 g/mol. The van der Waals surface area contributed by atoms with Gasteiger partial charge in [0, 0.05) is 36.9 Å². The highest BCUT2D eigenvalue weighted by Gasteiger charge is 2.23. The molecule has 10 nitrogen and oxygen atoms in total. The number of nitrogens with zero attached hydrogens (tertiary/aromatic N) is 4. The second-order valence-electron chi connectivity index (χ2n) is 9.61. The summed E-state index contributed by atoms with van der Waals surface area (Å²) < 4.78 is 24.3. The van der Waals surface area contributed by atoms with Crippen LogP contribution in [-0.4, -0.2) is 71.3 Å². The van der Waals surface area contributed by atoms with Gasteiger partial charge in [-0.25, -0.2) is 4.39 Å². The van der Waals surface area contributed by atoms with E-state index in [9.17, 15) is 9.18 Å². The molecule has 3 N–H and O–H groups in total. The molecule has 1 aromatic heterocycles. The molecule has 2 aliphatic rings. The number of carbonyl (C=O) groups excluding carboxylic acids is 1. The zero-order valence-corrected chi connectivity index (χ0v) is 21.8. The van der Waals surface area contributed by atoms with Crippen LogP contribution in [0, 0.1) is 5.82 Å². The largest absolute Gasteiger partial charge is 0.494 e. The zero-order chi connectivity index (χ0) is 26.0. The van der Waals surface area contributed by atoms with Gasteiger partial charge in [0.05, 0.1) is 20.3 Å². The summed E-state index contributed by atoms with van der Waals surface area (Å²) in [5.41, 5.74) is 0.517. The maximum absolute atomic E-state index is 14.2. The van der Waals surface area contributed by atoms with Gasteiger partial charge in [0.2, 0.25) is 17.8 Å². The van der Waals surface area contributed by atoms with Gasteiger partial charge >= 0.3 is 5.97 Å². The van der Waals surface area contributed by atoms with E-state index in [1.54, 1.807) is 12.1 Å². The van der Waals surface area contributed by atoms with Crippen LogP contribution in [0.4, 0.5) is 27.9 Å². The van der Waals surface area contributed by atoms with Crippen LogP contribution in [0.5, 0.6) is 5.75 Å². The van der Waals surface area contributed by atoms with Crippen molar-refractivity contribution in [3.05, 3.63) is 24.0 Å². The fraction of sp³-hybridized carbons (Fsp3) is 0.615. The number of carbonyl (C=O) groups is 1. The third-order valence-electron chi connectivity index (χ3n) is 6.81. The van der Waals surface area contributed by atoms with E-state index in [1.807, 2.05) is 6.92 Å². The van der Waals surface area contributed by atoms with Crippen LogP contribution in [0.25, 0.3) is 0 Å². The highest BCUT2D eigenvalue weighted by molar-refractivity contribution is 5.71. The first-order valence-corrected chi connectivity index (χ1v) is 13.3. The lowest BCUT2D eigenvalue weighted by atomic mass is 10.1. The van der Waals surface area contributed by atoms with E-state index in [1.165, 1.54) is 38.9 Å². The number of halogens is 1. The molecule has 4 rings (SSSR count). The Kier molecular flexibility index (Phi) is 9.70. The summed E-state index contributed by atoms with van der Waals surface area (Å²) in [5.74, 6) is 0.816. The van der Waals surface area contributed by atoms with Crippen molar-refractivity contribution in [3.8, 4) is 5.75 Å². The summed E-state index contributed by atoms with van der Waals surface area (Å²) in [6, 6.07) is 5.12. The Morgan fingerprint density at radius 1 is 0.973 bits per heavy atom. The lowest BCUT2D eigenvalue weighted by molar-refractivity contribution is -0.144. The fourth-order valence-corrected chi connectivity index (χ4v) is 4.85. The van der Waals surface area contributed by atoms with Gasteiger partial charge in [-0.15, -0.1) is 0 Å². The van der Waals surface area contributed by atoms with Crippen LogP contribution in [0.1, 0.15) is 58.3 Å². The summed E-state index contributed by atoms with van der Waals surface area (Å²) in [7, 11) is 1.43. The first kappa shape index (κ1) is 26.8. The molecular weight excluding hydrogens is 477 g/mol. The molecule has 0 spiro atoms. The highest BCUT2D eigenvalue weighted by Crippen LogP contribution is 2.25. The molecule has 2 fully saturated rings. The number of ether oxygens (including phenoxy) is 2. The van der Waals surface area contributed by atoms with Crippen molar-refractivity contribution < 1.29 is 18.7 Å². The van der Waals surface area contributed by atoms with Crippen LogP contribution in [0.15, 0.2) is 18.2 Å². The fourth-order valence-electron chi connectivity index (χ4n) is 4.85. The number of likely N-dealkylation sites (tertiary alicyclic amines) is 1. The lowest BCUT2D eigenvalue weighted by Gasteiger charge is -2.31. The van der Waals surface area contributed by atoms with Crippen LogP contribution >= 0.6 is 0 Å². The van der Waals surface area contributed by atoms with Gasteiger partial charge in [-0.2, -0.15) is 15.0 Å². The van der Waals surface area contributed by atoms with Crippen molar-refractivity contribution in [1.82, 2.24) is 19.9 Å². The van der Waals surface area contributed by atoms with Gasteiger partial charge in [0.25, 0.3) is 0 Å². The Balaban J connectivity index is 1.45. The SMILES string of the molecule is CCOC(=O)CN1CCC(Nc2nc(Nc3ccc(OC)c(F)c3)nc(NC3CCCCCC3)n2)CC1. The third-order valence-corrected chi connectivity index (χ3v) is 6.81. The Hall–Kier alpha value is -3.21. The number of hydrogen-bond donors (Lipinski definition) is 3. The molecule has 0 radical (unpaired) electrons. The molecule has 11 heteroatoms. The van der Waals surface area contributed by atoms with E-state index in [4.69, 9.17) is 9.47 Å². The minimum Gasteiger partial charge on any atom is -0.494 e. The maximum atomic E-state index is 14.2. The number of benzene rings is 1. The molecule has 37 heavy (non-hydrogen) atoms. The quantitative estimate of drug-likeness (QED) is 0.312. The summed E-state index contributed by atoms with van der Waals surface area (Å²) in [6.45, 7) is 4.09. The zero-order valence-electron chi connectivity index (χ0n) is 21.8. The van der Waals surface area contributed by atoms with Crippen molar-refractivity contribution in [2.24, 2.45) is 0 Å². The number of rotatable bonds is 10. The van der Waals surface area contributed by atoms with E-state index in [-0.39, 0.29) is 17.8 Å². The Morgan fingerprint density at radius 2 is 1.59 bits per heavy atom. The predicted octanol–water partition coefficient (Wildman–Crippen LogP) is 4.34. The first-order chi connectivity index (χ1) is 18.0. The van der Waals surface area contributed by atoms with Gasteiger partial charge in [0.15, 0.2) is 11.6 Å². The predicted molar refractivity (Wildman–Crippen MR) is 141 cm³/mol. The molecule has 1 saturated heterocycles. The number of esters is 1. The number of anilines is 4. The van der Waals surface area contributed by atoms with E-state index < -0.39 is 5.82 Å². The molecule has 1 aliphatic carbocycles. The smallest absolute Gasteiger partial charge is 0.320 e. The Bertz CT molecular complexity index is 1030. The molecule has 2 aromatic rings. The van der Waals surface area contributed by atoms with Crippen molar-refractivity contribution >= 4 is 29.5 Å². The second kappa shape index (κ2) is 13.4. The van der Waals surface area contributed by atoms with Crippen molar-refractivity contribution in [1.29, 1.82) is 0 Å². The Morgan fingerprint density at radius 3 is 2.19 bits per heavy atom. The second-order valence-corrected chi connectivity index (χ2v) is 9.61. The average Bonchev–Trinajstić information content (AvgIpc) is 3.14. The maximum Gasteiger partial charge on any atom is 0.320 e. The topological polar surface area (TPSA) is 114 Å². The van der Waals surface area contributed by atoms with Crippen molar-refractivity contribution in [3.63, 3.8) is 0 Å². The number of nitrogens with one attached hydrogen (secondary N) is 3. The molecule has 0 atom stereocenters. The average molecular weight is 516 g/mol. The van der Waals surface area contributed by atoms with Gasteiger partial charge in [-0.1, -0.05) is 25.7 Å². The molecule has 1 aromatic carbocycles. The lowest BCUT2D eigenvalue weighted by Crippen LogP contribution is -2.42. The summed E-state index contributed by atoms with van der Waals surface area (Å²) in [6.07, 6.45) is 8.76. The van der Waals surface area contributed by atoms with Gasteiger partial charge < -0.3 is 25.4 Å². The van der Waals surface area contributed by atoms with Gasteiger partial charge in [0.1, 0.15) is 0 Å². The molecule has 0 unspecified atom stereocenters. The number of methoxy groups -OCH3 is 1. The normalized spacial score (nSPS) is 17.6. The van der Waals surface area contributed by atoms with E-state index in [0.29, 0.717) is 42.7 Å². The number of hydrogen-bond acceptors (Lipinski definition) is 10. The van der Waals surface area contributed by atoms with Crippen molar-refractivity contribution in [2.45, 2.75) is 70.4 Å². The van der Waals surface area contributed by atoms with Gasteiger partial charge in [-0.3, -0.25) is 9.69 Å². The Labute approximate surface area is 217 Å². The third kappa shape index (κ3) is 8.14. The molecule has 0 bridgehead atoms. The van der Waals surface area contributed by atoms with Gasteiger partial charge in [-0.05, 0) is 44.7 Å². The first-order valence-electron chi connectivity index (χ1n) is 13.3. The summed E-state index contributed by atoms with van der Waals surface area (Å²) in [4.78, 5) is 27.7. The standard InChI is InChI=1S/C26H38FN7O3/c1-3-37-23(35)17-34-14-12-19(13-15-34)29-25-31-24(28-18-8-6-4-5-7-9-18)32-26(33-25)30-20-10-11-22(36-2)21(27)16-20/h10-11,16,18-19H,3-9,12-15,17H2,1-2H3,(H3,28,29,30,31,32,33). The molecule has 1 aliphatic heterocycles. The molecule has 1 saturated carbocycles. The summed E-state index contributed by atoms with van der Waals surface area (Å²) >= 11 is 0. The minimum atomic E-state index is -0.466. The number of piperidine rings is 1. The number of aromatic nitrogens is 3. The minimum absolute atomic E-state index is 0.165. The molecule has 2 heterocycles. The van der Waals surface area contributed by atoms with Crippen molar-refractivity contribution in [2.75, 3.05) is 49.3 Å². The molecule has 0 amide bonds.